The molecule has 1 heterocycles. The first-order valence-electron chi connectivity index (χ1n) is 8.19. The molecule has 1 saturated heterocycles. The van der Waals surface area contributed by atoms with Gasteiger partial charge in [-0.3, -0.25) is 4.90 Å². The van der Waals surface area contributed by atoms with Crippen molar-refractivity contribution in [3.63, 3.8) is 0 Å². The van der Waals surface area contributed by atoms with Crippen LogP contribution >= 0.6 is 28.1 Å². The number of hydrogen-bond acceptors (Lipinski definition) is 3. The Kier molecular flexibility index (Phi) is 7.76. The molecule has 23 heavy (non-hydrogen) atoms. The van der Waals surface area contributed by atoms with Crippen molar-refractivity contribution in [2.45, 2.75) is 13.0 Å². The van der Waals surface area contributed by atoms with E-state index in [4.69, 9.17) is 12.2 Å². The van der Waals surface area contributed by atoms with Crippen molar-refractivity contribution in [2.75, 3.05) is 53.4 Å². The smallest absolute Gasteiger partial charge is 0.169 e. The predicted octanol–water partition coefficient (Wildman–Crippen LogP) is 2.39. The van der Waals surface area contributed by atoms with E-state index in [1.165, 1.54) is 10.0 Å². The first-order chi connectivity index (χ1) is 11.1. The molecule has 6 heteroatoms. The van der Waals surface area contributed by atoms with Crippen LogP contribution in [0.4, 0.5) is 0 Å². The Morgan fingerprint density at radius 1 is 1.22 bits per heavy atom. The normalized spacial score (nSPS) is 15.9. The Labute approximate surface area is 153 Å². The monoisotopic (exact) mass is 398 g/mol. The van der Waals surface area contributed by atoms with Crippen molar-refractivity contribution in [3.05, 3.63) is 34.3 Å². The second-order valence-electron chi connectivity index (χ2n) is 6.24. The van der Waals surface area contributed by atoms with Gasteiger partial charge < -0.3 is 15.1 Å². The lowest BCUT2D eigenvalue weighted by Crippen LogP contribution is -2.51. The summed E-state index contributed by atoms with van der Waals surface area (Å²) in [6.45, 7) is 7.16. The molecule has 0 saturated carbocycles. The minimum atomic E-state index is 0.907. The van der Waals surface area contributed by atoms with Gasteiger partial charge >= 0.3 is 0 Å². The molecule has 128 valence electrons. The van der Waals surface area contributed by atoms with Gasteiger partial charge in [0.05, 0.1) is 0 Å². The number of halogens is 1. The van der Waals surface area contributed by atoms with Gasteiger partial charge in [0.25, 0.3) is 0 Å². The second-order valence-corrected chi connectivity index (χ2v) is 7.48. The van der Waals surface area contributed by atoms with Crippen LogP contribution in [0.5, 0.6) is 0 Å². The van der Waals surface area contributed by atoms with Gasteiger partial charge in [-0.25, -0.2) is 0 Å². The lowest BCUT2D eigenvalue weighted by Gasteiger charge is -2.36. The van der Waals surface area contributed by atoms with E-state index in [-0.39, 0.29) is 0 Å². The molecule has 1 aromatic rings. The van der Waals surface area contributed by atoms with E-state index in [2.05, 4.69) is 74.3 Å². The number of hydrogen-bond donors (Lipinski definition) is 1. The molecule has 4 nitrogen and oxygen atoms in total. The molecule has 0 radical (unpaired) electrons. The summed E-state index contributed by atoms with van der Waals surface area (Å²) in [5, 5.41) is 4.29. The summed E-state index contributed by atoms with van der Waals surface area (Å²) in [6, 6.07) is 8.46. The van der Waals surface area contributed by atoms with Gasteiger partial charge in [0, 0.05) is 43.7 Å². The van der Waals surface area contributed by atoms with E-state index in [0.717, 1.165) is 57.3 Å². The highest BCUT2D eigenvalue weighted by Crippen LogP contribution is 2.18. The Morgan fingerprint density at radius 2 is 1.91 bits per heavy atom. The maximum atomic E-state index is 5.52. The van der Waals surface area contributed by atoms with Gasteiger partial charge in [0.1, 0.15) is 0 Å². The number of benzene rings is 1. The zero-order valence-corrected chi connectivity index (χ0v) is 16.5. The molecule has 0 spiro atoms. The second kappa shape index (κ2) is 9.57. The van der Waals surface area contributed by atoms with E-state index >= 15 is 0 Å². The zero-order chi connectivity index (χ0) is 16.7. The van der Waals surface area contributed by atoms with Crippen LogP contribution in [0.3, 0.4) is 0 Å². The fourth-order valence-corrected chi connectivity index (χ4v) is 3.37. The van der Waals surface area contributed by atoms with Crippen LogP contribution in [0.15, 0.2) is 28.7 Å². The topological polar surface area (TPSA) is 21.8 Å². The molecule has 1 aliphatic rings. The third kappa shape index (κ3) is 6.37. The van der Waals surface area contributed by atoms with E-state index in [1.807, 2.05) is 0 Å². The van der Waals surface area contributed by atoms with E-state index in [0.29, 0.717) is 0 Å². The highest BCUT2D eigenvalue weighted by atomic mass is 79.9. The number of nitrogens with zero attached hydrogens (tertiary/aromatic N) is 3. The third-order valence-corrected chi connectivity index (χ3v) is 5.25. The molecule has 0 unspecified atom stereocenters. The lowest BCUT2D eigenvalue weighted by atomic mass is 10.2. The summed E-state index contributed by atoms with van der Waals surface area (Å²) < 4.78 is 1.19. The van der Waals surface area contributed by atoms with Gasteiger partial charge in [-0.2, -0.15) is 0 Å². The van der Waals surface area contributed by atoms with Gasteiger partial charge in [0.2, 0.25) is 0 Å². The molecule has 1 fully saturated rings. The molecular formula is C17H27BrN4S. The fourth-order valence-electron chi connectivity index (χ4n) is 2.68. The van der Waals surface area contributed by atoms with Crippen molar-refractivity contribution in [1.82, 2.24) is 20.0 Å². The highest BCUT2D eigenvalue weighted by molar-refractivity contribution is 9.10. The summed E-state index contributed by atoms with van der Waals surface area (Å²) >= 11 is 9.15. The maximum absolute atomic E-state index is 5.52. The summed E-state index contributed by atoms with van der Waals surface area (Å²) in [6.07, 6.45) is 1.12. The van der Waals surface area contributed by atoms with Crippen LogP contribution in [0.1, 0.15) is 12.0 Å². The number of nitrogens with one attached hydrogen (secondary N) is 1. The Bertz CT molecular complexity index is 501. The molecule has 0 atom stereocenters. The minimum Gasteiger partial charge on any atom is -0.363 e. The Morgan fingerprint density at radius 3 is 2.57 bits per heavy atom. The van der Waals surface area contributed by atoms with Crippen molar-refractivity contribution in [1.29, 1.82) is 0 Å². The van der Waals surface area contributed by atoms with Crippen LogP contribution in [0.25, 0.3) is 0 Å². The van der Waals surface area contributed by atoms with Gasteiger partial charge in [0.15, 0.2) is 5.11 Å². The highest BCUT2D eigenvalue weighted by Gasteiger charge is 2.19. The number of rotatable bonds is 6. The molecule has 0 amide bonds. The van der Waals surface area contributed by atoms with Crippen molar-refractivity contribution >= 4 is 33.3 Å². The first kappa shape index (κ1) is 18.6. The first-order valence-corrected chi connectivity index (χ1v) is 9.39. The van der Waals surface area contributed by atoms with Gasteiger partial charge in [-0.15, -0.1) is 0 Å². The summed E-state index contributed by atoms with van der Waals surface area (Å²) in [7, 11) is 4.20. The number of thiocarbonyl (C=S) groups is 1. The van der Waals surface area contributed by atoms with Gasteiger partial charge in [-0.1, -0.05) is 34.1 Å². The third-order valence-electron chi connectivity index (χ3n) is 4.07. The SMILES string of the molecule is CN(C)CCCNC(=S)N1CCN(Cc2ccccc2Br)CC1. The molecular weight excluding hydrogens is 372 g/mol. The molecule has 0 aromatic heterocycles. The van der Waals surface area contributed by atoms with Crippen LogP contribution in [-0.4, -0.2) is 73.2 Å². The largest absolute Gasteiger partial charge is 0.363 e. The summed E-state index contributed by atoms with van der Waals surface area (Å²) in [4.78, 5) is 6.98. The standard InChI is InChI=1S/C17H27BrN4S/c1-20(2)9-5-8-19-17(23)22-12-10-21(11-13-22)14-15-6-3-4-7-16(15)18/h3-4,6-7H,5,8-14H2,1-2H3,(H,19,23). The minimum absolute atomic E-state index is 0.907. The van der Waals surface area contributed by atoms with Crippen LogP contribution < -0.4 is 5.32 Å². The number of piperazine rings is 1. The van der Waals surface area contributed by atoms with E-state index < -0.39 is 0 Å². The van der Waals surface area contributed by atoms with E-state index in [9.17, 15) is 0 Å². The van der Waals surface area contributed by atoms with Crippen LogP contribution in [0.2, 0.25) is 0 Å². The quantitative estimate of drug-likeness (QED) is 0.584. The zero-order valence-electron chi connectivity index (χ0n) is 14.1. The summed E-state index contributed by atoms with van der Waals surface area (Å²) in [5.74, 6) is 0. The van der Waals surface area contributed by atoms with Crippen molar-refractivity contribution in [2.24, 2.45) is 0 Å². The van der Waals surface area contributed by atoms with Crippen LogP contribution in [0, 0.1) is 0 Å². The molecule has 0 aliphatic carbocycles. The molecule has 1 aromatic carbocycles. The predicted molar refractivity (Wildman–Crippen MR) is 105 cm³/mol. The molecule has 2 rings (SSSR count). The van der Waals surface area contributed by atoms with Crippen molar-refractivity contribution in [3.8, 4) is 0 Å². The average molecular weight is 399 g/mol. The van der Waals surface area contributed by atoms with E-state index in [1.54, 1.807) is 0 Å². The van der Waals surface area contributed by atoms with Gasteiger partial charge in [-0.05, 0) is 50.9 Å². The average Bonchev–Trinajstić information content (AvgIpc) is 2.54. The molecule has 1 aliphatic heterocycles. The van der Waals surface area contributed by atoms with Crippen LogP contribution in [-0.2, 0) is 6.54 Å². The lowest BCUT2D eigenvalue weighted by molar-refractivity contribution is 0.174. The summed E-state index contributed by atoms with van der Waals surface area (Å²) in [5.41, 5.74) is 1.35. The molecule has 1 N–H and O–H groups in total. The van der Waals surface area contributed by atoms with Crippen molar-refractivity contribution < 1.29 is 0 Å². The maximum Gasteiger partial charge on any atom is 0.169 e. The fraction of sp³-hybridized carbons (Fsp3) is 0.588. The Balaban J connectivity index is 1.69. The Hall–Kier alpha value is -0.690. The molecule has 0 bridgehead atoms.